The number of amides is 1. The summed E-state index contributed by atoms with van der Waals surface area (Å²) in [5, 5.41) is 0. The van der Waals surface area contributed by atoms with E-state index in [1.807, 2.05) is 18.7 Å². The minimum absolute atomic E-state index is 0.0696. The zero-order valence-corrected chi connectivity index (χ0v) is 10.8. The predicted molar refractivity (Wildman–Crippen MR) is 64.0 cm³/mol. The predicted octanol–water partition coefficient (Wildman–Crippen LogP) is 0.855. The van der Waals surface area contributed by atoms with Gasteiger partial charge in [-0.05, 0) is 12.8 Å². The highest BCUT2D eigenvalue weighted by Gasteiger charge is 2.34. The van der Waals surface area contributed by atoms with Crippen LogP contribution in [-0.4, -0.2) is 42.6 Å². The molecule has 4 nitrogen and oxygen atoms in total. The summed E-state index contributed by atoms with van der Waals surface area (Å²) in [5.41, 5.74) is 5.30. The minimum Gasteiger partial charge on any atom is -0.370 e. The summed E-state index contributed by atoms with van der Waals surface area (Å²) in [5.74, 6) is 0.664. The minimum atomic E-state index is -0.370. The number of morpholine rings is 1. The maximum atomic E-state index is 12.2. The van der Waals surface area contributed by atoms with Gasteiger partial charge in [0.1, 0.15) is 0 Å². The number of nitrogens with two attached hydrogens (primary N) is 1. The van der Waals surface area contributed by atoms with E-state index in [4.69, 9.17) is 10.5 Å². The van der Waals surface area contributed by atoms with E-state index in [2.05, 4.69) is 13.8 Å². The fourth-order valence-electron chi connectivity index (χ4n) is 1.82. The van der Waals surface area contributed by atoms with Gasteiger partial charge >= 0.3 is 0 Å². The molecule has 0 aromatic heterocycles. The lowest BCUT2D eigenvalue weighted by molar-refractivity contribution is -0.151. The number of ether oxygens (including phenoxy) is 1. The molecule has 1 aliphatic heterocycles. The molecule has 0 saturated carbocycles. The number of nitrogens with zero attached hydrogens (tertiary/aromatic N) is 1. The first-order valence-electron chi connectivity index (χ1n) is 6.02. The van der Waals surface area contributed by atoms with Crippen LogP contribution < -0.4 is 5.73 Å². The Morgan fingerprint density at radius 2 is 2.12 bits per heavy atom. The number of rotatable bonds is 3. The molecule has 1 saturated heterocycles. The lowest BCUT2D eigenvalue weighted by Crippen LogP contribution is -2.56. The Bertz CT molecular complexity index is 255. The van der Waals surface area contributed by atoms with Crippen LogP contribution in [0, 0.1) is 11.8 Å². The van der Waals surface area contributed by atoms with Gasteiger partial charge in [0, 0.05) is 19.0 Å². The van der Waals surface area contributed by atoms with E-state index in [1.54, 1.807) is 0 Å². The van der Waals surface area contributed by atoms with Crippen molar-refractivity contribution in [3.05, 3.63) is 0 Å². The van der Waals surface area contributed by atoms with Crippen molar-refractivity contribution in [3.63, 3.8) is 0 Å². The molecule has 0 spiro atoms. The Hall–Kier alpha value is -0.610. The standard InChI is InChI=1S/C12H24N2O2/c1-9(2)10(3)11(15)14-5-6-16-12(4,7-13)8-14/h9-10H,5-8,13H2,1-4H3. The number of hydrogen-bond acceptors (Lipinski definition) is 3. The van der Waals surface area contributed by atoms with Crippen LogP contribution >= 0.6 is 0 Å². The quantitative estimate of drug-likeness (QED) is 0.779. The Morgan fingerprint density at radius 3 is 2.62 bits per heavy atom. The van der Waals surface area contributed by atoms with Gasteiger partial charge in [0.15, 0.2) is 0 Å². The van der Waals surface area contributed by atoms with E-state index in [0.717, 1.165) is 0 Å². The molecular weight excluding hydrogens is 204 g/mol. The van der Waals surface area contributed by atoms with Crippen molar-refractivity contribution in [2.45, 2.75) is 33.3 Å². The molecule has 16 heavy (non-hydrogen) atoms. The van der Waals surface area contributed by atoms with Crippen LogP contribution in [0.2, 0.25) is 0 Å². The summed E-state index contributed by atoms with van der Waals surface area (Å²) in [6.07, 6.45) is 0. The van der Waals surface area contributed by atoms with Crippen molar-refractivity contribution in [1.29, 1.82) is 0 Å². The second-order valence-corrected chi connectivity index (χ2v) is 5.29. The molecule has 1 fully saturated rings. The third kappa shape index (κ3) is 2.95. The number of carbonyl (C=O) groups excluding carboxylic acids is 1. The Kier molecular flexibility index (Phi) is 4.33. The fourth-order valence-corrected chi connectivity index (χ4v) is 1.82. The first-order valence-corrected chi connectivity index (χ1v) is 6.02. The van der Waals surface area contributed by atoms with Crippen molar-refractivity contribution >= 4 is 5.91 Å². The molecule has 0 radical (unpaired) electrons. The third-order valence-electron chi connectivity index (χ3n) is 3.47. The van der Waals surface area contributed by atoms with Gasteiger partial charge in [0.25, 0.3) is 0 Å². The van der Waals surface area contributed by atoms with Crippen molar-refractivity contribution in [3.8, 4) is 0 Å². The normalized spacial score (nSPS) is 28.2. The van der Waals surface area contributed by atoms with E-state index < -0.39 is 0 Å². The second-order valence-electron chi connectivity index (χ2n) is 5.29. The molecule has 0 bridgehead atoms. The summed E-state index contributed by atoms with van der Waals surface area (Å²) in [7, 11) is 0. The van der Waals surface area contributed by atoms with Gasteiger partial charge in [-0.2, -0.15) is 0 Å². The first kappa shape index (κ1) is 13.5. The van der Waals surface area contributed by atoms with Gasteiger partial charge < -0.3 is 15.4 Å². The van der Waals surface area contributed by atoms with E-state index in [1.165, 1.54) is 0 Å². The van der Waals surface area contributed by atoms with Crippen molar-refractivity contribution in [1.82, 2.24) is 4.90 Å². The largest absolute Gasteiger partial charge is 0.370 e. The molecular formula is C12H24N2O2. The van der Waals surface area contributed by atoms with E-state index >= 15 is 0 Å². The van der Waals surface area contributed by atoms with Crippen molar-refractivity contribution in [2.24, 2.45) is 17.6 Å². The molecule has 0 aromatic rings. The maximum Gasteiger partial charge on any atom is 0.225 e. The van der Waals surface area contributed by atoms with Crippen LogP contribution in [0.1, 0.15) is 27.7 Å². The molecule has 2 N–H and O–H groups in total. The summed E-state index contributed by atoms with van der Waals surface area (Å²) in [6, 6.07) is 0. The van der Waals surface area contributed by atoms with Crippen LogP contribution in [0.3, 0.4) is 0 Å². The molecule has 0 aliphatic carbocycles. The molecule has 0 aromatic carbocycles. The van der Waals surface area contributed by atoms with Gasteiger partial charge in [-0.1, -0.05) is 20.8 Å². The van der Waals surface area contributed by atoms with Crippen molar-refractivity contribution in [2.75, 3.05) is 26.2 Å². The van der Waals surface area contributed by atoms with Crippen LogP contribution in [0.4, 0.5) is 0 Å². The summed E-state index contributed by atoms with van der Waals surface area (Å²) in [4.78, 5) is 14.1. The Labute approximate surface area is 98.1 Å². The van der Waals surface area contributed by atoms with Crippen molar-refractivity contribution < 1.29 is 9.53 Å². The molecule has 4 heteroatoms. The van der Waals surface area contributed by atoms with Crippen LogP contribution in [0.15, 0.2) is 0 Å². The lowest BCUT2D eigenvalue weighted by Gasteiger charge is -2.41. The third-order valence-corrected chi connectivity index (χ3v) is 3.47. The van der Waals surface area contributed by atoms with Gasteiger partial charge in [-0.25, -0.2) is 0 Å². The number of hydrogen-bond donors (Lipinski definition) is 1. The Balaban J connectivity index is 2.64. The Morgan fingerprint density at radius 1 is 1.50 bits per heavy atom. The van der Waals surface area contributed by atoms with Gasteiger partial charge in [0.05, 0.1) is 18.8 Å². The molecule has 2 unspecified atom stereocenters. The average molecular weight is 228 g/mol. The van der Waals surface area contributed by atoms with Crippen LogP contribution in [0.5, 0.6) is 0 Å². The monoisotopic (exact) mass is 228 g/mol. The molecule has 2 atom stereocenters. The van der Waals surface area contributed by atoms with E-state index in [9.17, 15) is 4.79 Å². The molecule has 1 rings (SSSR count). The average Bonchev–Trinajstić information content (AvgIpc) is 2.27. The van der Waals surface area contributed by atoms with E-state index in [0.29, 0.717) is 32.2 Å². The fraction of sp³-hybridized carbons (Fsp3) is 0.917. The second kappa shape index (κ2) is 5.15. The summed E-state index contributed by atoms with van der Waals surface area (Å²) >= 11 is 0. The van der Waals surface area contributed by atoms with Gasteiger partial charge in [0.2, 0.25) is 5.91 Å². The highest BCUT2D eigenvalue weighted by Crippen LogP contribution is 2.20. The first-order chi connectivity index (χ1) is 7.39. The number of carbonyl (C=O) groups is 1. The van der Waals surface area contributed by atoms with Gasteiger partial charge in [-0.3, -0.25) is 4.79 Å². The maximum absolute atomic E-state index is 12.2. The molecule has 1 heterocycles. The summed E-state index contributed by atoms with van der Waals surface area (Å²) in [6.45, 7) is 10.4. The zero-order valence-electron chi connectivity index (χ0n) is 10.8. The van der Waals surface area contributed by atoms with Crippen LogP contribution in [-0.2, 0) is 9.53 Å². The molecule has 1 amide bonds. The van der Waals surface area contributed by atoms with E-state index in [-0.39, 0.29) is 17.4 Å². The zero-order chi connectivity index (χ0) is 12.3. The van der Waals surface area contributed by atoms with Crippen LogP contribution in [0.25, 0.3) is 0 Å². The molecule has 1 aliphatic rings. The topological polar surface area (TPSA) is 55.6 Å². The highest BCUT2D eigenvalue weighted by atomic mass is 16.5. The lowest BCUT2D eigenvalue weighted by atomic mass is 9.95. The summed E-state index contributed by atoms with van der Waals surface area (Å²) < 4.78 is 5.62. The molecule has 94 valence electrons. The SMILES string of the molecule is CC(C)C(C)C(=O)N1CCOC(C)(CN)C1. The highest BCUT2D eigenvalue weighted by molar-refractivity contribution is 5.78. The van der Waals surface area contributed by atoms with Gasteiger partial charge in [-0.15, -0.1) is 0 Å². The smallest absolute Gasteiger partial charge is 0.225 e.